The average Bonchev–Trinajstić information content (AvgIpc) is 2.99. The minimum absolute atomic E-state index is 0. The van der Waals surface area contributed by atoms with E-state index < -0.39 is 0 Å². The molecule has 0 amide bonds. The Labute approximate surface area is 145 Å². The van der Waals surface area contributed by atoms with Crippen LogP contribution in [-0.4, -0.2) is 32.8 Å². The Morgan fingerprint density at radius 2 is 1.74 bits per heavy atom. The van der Waals surface area contributed by atoms with Crippen molar-refractivity contribution in [3.05, 3.63) is 54.1 Å². The Balaban J connectivity index is 0.00000156. The van der Waals surface area contributed by atoms with Crippen LogP contribution in [0.3, 0.4) is 0 Å². The van der Waals surface area contributed by atoms with E-state index in [4.69, 9.17) is 4.99 Å². The van der Waals surface area contributed by atoms with Crippen LogP contribution < -0.4 is 17.0 Å². The monoisotopic (exact) mass is 368 g/mol. The first-order chi connectivity index (χ1) is 10.7. The van der Waals surface area contributed by atoms with Gasteiger partial charge in [0.25, 0.3) is 0 Å². The van der Waals surface area contributed by atoms with Crippen LogP contribution in [0.5, 0.6) is 0 Å². The lowest BCUT2D eigenvalue weighted by molar-refractivity contribution is -0.400. The van der Waals surface area contributed by atoms with Crippen molar-refractivity contribution in [3.63, 3.8) is 0 Å². The normalized spacial score (nSPS) is 15.2. The van der Waals surface area contributed by atoms with Crippen molar-refractivity contribution >= 4 is 33.8 Å². The Bertz CT molecular complexity index is 966. The third kappa shape index (κ3) is 2.32. The molecule has 2 heterocycles. The van der Waals surface area contributed by atoms with Gasteiger partial charge in [-0.05, 0) is 18.2 Å². The summed E-state index contributed by atoms with van der Waals surface area (Å²) in [4.78, 5) is 4.89. The number of hydrogen-bond donors (Lipinski definition) is 0. The second-order valence-corrected chi connectivity index (χ2v) is 5.59. The van der Waals surface area contributed by atoms with Crippen LogP contribution in [0.15, 0.2) is 53.5 Å². The molecule has 0 fully saturated rings. The lowest BCUT2D eigenvalue weighted by atomic mass is 10.1. The molecule has 1 aliphatic heterocycles. The molecule has 0 saturated heterocycles. The van der Waals surface area contributed by atoms with Gasteiger partial charge in [0.05, 0.1) is 11.1 Å². The van der Waals surface area contributed by atoms with Gasteiger partial charge in [0.1, 0.15) is 12.8 Å². The van der Waals surface area contributed by atoms with Crippen LogP contribution in [0.2, 0.25) is 0 Å². The van der Waals surface area contributed by atoms with E-state index in [2.05, 4.69) is 60.0 Å². The van der Waals surface area contributed by atoms with Crippen molar-refractivity contribution < 1.29 is 21.6 Å². The van der Waals surface area contributed by atoms with E-state index in [1.807, 2.05) is 23.9 Å². The van der Waals surface area contributed by atoms with Crippen molar-refractivity contribution in [2.75, 3.05) is 7.05 Å². The number of fused-ring (bicyclic) bond motifs is 2. The molecule has 1 aliphatic rings. The summed E-state index contributed by atoms with van der Waals surface area (Å²) in [7, 11) is 4.03. The molecule has 0 N–H and O–H groups in total. The number of benzene rings is 2. The second-order valence-electron chi connectivity index (χ2n) is 5.59. The van der Waals surface area contributed by atoms with Gasteiger partial charge in [-0.1, -0.05) is 24.3 Å². The second kappa shape index (κ2) is 5.74. The number of halogens is 1. The topological polar surface area (TPSA) is 33.2 Å². The van der Waals surface area contributed by atoms with Gasteiger partial charge in [-0.25, -0.2) is 4.99 Å². The minimum Gasteiger partial charge on any atom is -1.00 e. The first-order valence-corrected chi connectivity index (χ1v) is 7.34. The molecule has 0 saturated carbocycles. The van der Waals surface area contributed by atoms with Gasteiger partial charge in [0.2, 0.25) is 11.4 Å². The maximum Gasteiger partial charge on any atom is 0.214 e. The maximum atomic E-state index is 4.89. The molecule has 23 heavy (non-hydrogen) atoms. The molecule has 2 aromatic carbocycles. The molecule has 0 radical (unpaired) electrons. The van der Waals surface area contributed by atoms with Crippen LogP contribution >= 0.6 is 0 Å². The average molecular weight is 369 g/mol. The zero-order valence-electron chi connectivity index (χ0n) is 13.3. The van der Waals surface area contributed by atoms with Gasteiger partial charge in [0, 0.05) is 25.4 Å². The molecular weight excluding hydrogens is 352 g/mol. The van der Waals surface area contributed by atoms with Gasteiger partial charge in [0.15, 0.2) is 5.82 Å². The zero-order valence-corrected chi connectivity index (χ0v) is 14.9. The van der Waals surface area contributed by atoms with E-state index >= 15 is 0 Å². The lowest BCUT2D eigenvalue weighted by Crippen LogP contribution is -3.00. The van der Waals surface area contributed by atoms with Crippen molar-refractivity contribution in [2.24, 2.45) is 12.0 Å². The Hall–Kier alpha value is -2.27. The van der Waals surface area contributed by atoms with E-state index in [9.17, 15) is 0 Å². The van der Waals surface area contributed by atoms with Gasteiger partial charge in [-0.3, -0.25) is 4.68 Å². The Morgan fingerprint density at radius 3 is 2.57 bits per heavy atom. The van der Waals surface area contributed by atoms with Crippen LogP contribution in [0.25, 0.3) is 10.9 Å². The quantitative estimate of drug-likeness (QED) is 0.574. The molecule has 4 nitrogen and oxygen atoms in total. The van der Waals surface area contributed by atoms with Crippen molar-refractivity contribution in [3.8, 4) is 0 Å². The largest absolute Gasteiger partial charge is 1.00 e. The highest BCUT2D eigenvalue weighted by atomic mass is 79.9. The van der Waals surface area contributed by atoms with E-state index in [1.54, 1.807) is 0 Å². The summed E-state index contributed by atoms with van der Waals surface area (Å²) >= 11 is 0. The molecule has 0 atom stereocenters. The van der Waals surface area contributed by atoms with Crippen LogP contribution in [0, 0.1) is 0 Å². The van der Waals surface area contributed by atoms with Gasteiger partial charge >= 0.3 is 0 Å². The molecule has 0 bridgehead atoms. The summed E-state index contributed by atoms with van der Waals surface area (Å²) in [6.45, 7) is 2.10. The molecule has 0 unspecified atom stereocenters. The number of aryl methyl sites for hydroxylation is 1. The molecule has 5 heteroatoms. The van der Waals surface area contributed by atoms with E-state index in [-0.39, 0.29) is 17.0 Å². The minimum atomic E-state index is 0. The molecule has 4 rings (SSSR count). The lowest BCUT2D eigenvalue weighted by Gasteiger charge is -1.95. The van der Waals surface area contributed by atoms with Gasteiger partial charge in [-0.15, -0.1) is 0 Å². The number of para-hydroxylation sites is 2. The summed E-state index contributed by atoms with van der Waals surface area (Å²) in [5, 5.41) is 5.66. The molecule has 1 aromatic heterocycles. The molecule has 116 valence electrons. The molecular formula is C18H17BrN4. The summed E-state index contributed by atoms with van der Waals surface area (Å²) < 4.78 is 4.06. The predicted molar refractivity (Wildman–Crippen MR) is 89.9 cm³/mol. The van der Waals surface area contributed by atoms with Crippen molar-refractivity contribution in [1.82, 2.24) is 9.78 Å². The van der Waals surface area contributed by atoms with Crippen molar-refractivity contribution in [1.29, 1.82) is 0 Å². The first-order valence-electron chi connectivity index (χ1n) is 7.34. The summed E-state index contributed by atoms with van der Waals surface area (Å²) in [6.07, 6.45) is 0. The first kappa shape index (κ1) is 15.6. The van der Waals surface area contributed by atoms with E-state index in [0.29, 0.717) is 0 Å². The molecule has 0 aliphatic carbocycles. The third-order valence-corrected chi connectivity index (χ3v) is 4.32. The number of aromatic nitrogens is 2. The number of aliphatic imine (C=N–C) groups is 1. The number of rotatable bonds is 1. The van der Waals surface area contributed by atoms with Gasteiger partial charge in [-0.2, -0.15) is 9.67 Å². The Morgan fingerprint density at radius 1 is 1.04 bits per heavy atom. The molecule has 3 aromatic rings. The number of nitrogens with zero attached hydrogens (tertiary/aromatic N) is 4. The highest BCUT2D eigenvalue weighted by molar-refractivity contribution is 6.49. The third-order valence-electron chi connectivity index (χ3n) is 4.32. The fraction of sp³-hybridized carbons (Fsp3) is 0.167. The predicted octanol–water partition coefficient (Wildman–Crippen LogP) is 0.446. The smallest absolute Gasteiger partial charge is 0.214 e. The van der Waals surface area contributed by atoms with Gasteiger partial charge < -0.3 is 17.0 Å². The SMILES string of the molecule is CC1=[N+](C)c2ccccc2/C1=N/c1nn(C)c2ccccc12.[Br-]. The van der Waals surface area contributed by atoms with E-state index in [0.717, 1.165) is 33.7 Å². The van der Waals surface area contributed by atoms with Crippen LogP contribution in [0.1, 0.15) is 12.5 Å². The van der Waals surface area contributed by atoms with Crippen molar-refractivity contribution in [2.45, 2.75) is 6.92 Å². The highest BCUT2D eigenvalue weighted by Gasteiger charge is 2.30. The maximum absolute atomic E-state index is 4.89. The summed E-state index contributed by atoms with van der Waals surface area (Å²) in [5.74, 6) is 0.776. The zero-order chi connectivity index (χ0) is 15.3. The fourth-order valence-corrected chi connectivity index (χ4v) is 3.03. The standard InChI is InChI=1S/C18H17N4.BrH/c1-12-17(13-8-4-6-10-15(13)21(12)2)19-18-14-9-5-7-11-16(14)22(3)20-18;/h4-11H,1-3H3;1H/q+1;/p-1. The highest BCUT2D eigenvalue weighted by Crippen LogP contribution is 2.30. The fourth-order valence-electron chi connectivity index (χ4n) is 3.03. The number of hydrogen-bond acceptors (Lipinski definition) is 2. The molecule has 0 spiro atoms. The van der Waals surface area contributed by atoms with Crippen LogP contribution in [0.4, 0.5) is 11.5 Å². The summed E-state index contributed by atoms with van der Waals surface area (Å²) in [5.41, 5.74) is 5.60. The van der Waals surface area contributed by atoms with Crippen LogP contribution in [-0.2, 0) is 7.05 Å². The van der Waals surface area contributed by atoms with E-state index in [1.165, 1.54) is 5.69 Å². The summed E-state index contributed by atoms with van der Waals surface area (Å²) in [6, 6.07) is 16.5. The Kier molecular flexibility index (Phi) is 3.90.